The maximum atomic E-state index is 11.5. The fourth-order valence-electron chi connectivity index (χ4n) is 1.71. The van der Waals surface area contributed by atoms with Crippen LogP contribution in [0.15, 0.2) is 35.1 Å². The molecule has 3 rings (SSSR count). The van der Waals surface area contributed by atoms with Gasteiger partial charge in [-0.1, -0.05) is 0 Å². The SMILES string of the molecule is Nc1ccc(Oc2cc(=O)[nH]c(C3CC3)n2)cc1. The van der Waals surface area contributed by atoms with Crippen LogP contribution < -0.4 is 16.0 Å². The van der Waals surface area contributed by atoms with Crippen molar-refractivity contribution < 1.29 is 4.74 Å². The smallest absolute Gasteiger partial charge is 0.254 e. The number of benzene rings is 1. The van der Waals surface area contributed by atoms with Gasteiger partial charge in [0.25, 0.3) is 5.56 Å². The highest BCUT2D eigenvalue weighted by Crippen LogP contribution is 2.38. The summed E-state index contributed by atoms with van der Waals surface area (Å²) < 4.78 is 5.55. The molecule has 1 saturated carbocycles. The van der Waals surface area contributed by atoms with Gasteiger partial charge >= 0.3 is 0 Å². The van der Waals surface area contributed by atoms with E-state index in [4.69, 9.17) is 10.5 Å². The zero-order valence-electron chi connectivity index (χ0n) is 9.72. The van der Waals surface area contributed by atoms with Crippen molar-refractivity contribution in [1.82, 2.24) is 9.97 Å². The minimum Gasteiger partial charge on any atom is -0.439 e. The number of aromatic amines is 1. The van der Waals surface area contributed by atoms with E-state index in [2.05, 4.69) is 9.97 Å². The van der Waals surface area contributed by atoms with E-state index in [1.165, 1.54) is 6.07 Å². The molecule has 5 heteroatoms. The van der Waals surface area contributed by atoms with Crippen molar-refractivity contribution in [3.8, 4) is 11.6 Å². The molecule has 0 unspecified atom stereocenters. The van der Waals surface area contributed by atoms with Gasteiger partial charge in [0.05, 0.1) is 6.07 Å². The van der Waals surface area contributed by atoms with Crippen molar-refractivity contribution >= 4 is 5.69 Å². The van der Waals surface area contributed by atoms with Crippen molar-refractivity contribution in [2.45, 2.75) is 18.8 Å². The lowest BCUT2D eigenvalue weighted by molar-refractivity contribution is 0.457. The standard InChI is InChI=1S/C13H13N3O2/c14-9-3-5-10(6-4-9)18-12-7-11(17)15-13(16-12)8-1-2-8/h3-8H,1-2,14H2,(H,15,16,17). The van der Waals surface area contributed by atoms with Gasteiger partial charge in [0.1, 0.15) is 11.6 Å². The Morgan fingerprint density at radius 2 is 2.00 bits per heavy atom. The van der Waals surface area contributed by atoms with Crippen LogP contribution in [-0.2, 0) is 0 Å². The number of nitrogen functional groups attached to an aromatic ring is 1. The molecule has 1 aromatic carbocycles. The molecule has 1 aliphatic rings. The van der Waals surface area contributed by atoms with Gasteiger partial charge < -0.3 is 15.5 Å². The van der Waals surface area contributed by atoms with Gasteiger partial charge in [-0.3, -0.25) is 4.79 Å². The number of aromatic nitrogens is 2. The largest absolute Gasteiger partial charge is 0.439 e. The van der Waals surface area contributed by atoms with Gasteiger partial charge in [0, 0.05) is 11.6 Å². The zero-order chi connectivity index (χ0) is 12.5. The van der Waals surface area contributed by atoms with Crippen molar-refractivity contribution in [2.75, 3.05) is 5.73 Å². The second kappa shape index (κ2) is 4.18. The van der Waals surface area contributed by atoms with Crippen LogP contribution in [-0.4, -0.2) is 9.97 Å². The van der Waals surface area contributed by atoms with E-state index in [1.54, 1.807) is 24.3 Å². The van der Waals surface area contributed by atoms with Crippen LogP contribution in [0.25, 0.3) is 0 Å². The molecular weight excluding hydrogens is 230 g/mol. The summed E-state index contributed by atoms with van der Waals surface area (Å²) >= 11 is 0. The van der Waals surface area contributed by atoms with E-state index in [0.717, 1.165) is 12.8 Å². The maximum Gasteiger partial charge on any atom is 0.254 e. The number of anilines is 1. The molecule has 2 aromatic rings. The van der Waals surface area contributed by atoms with Gasteiger partial charge in [-0.25, -0.2) is 0 Å². The fourth-order valence-corrected chi connectivity index (χ4v) is 1.71. The fraction of sp³-hybridized carbons (Fsp3) is 0.231. The first-order valence-corrected chi connectivity index (χ1v) is 5.85. The van der Waals surface area contributed by atoms with Crippen LogP contribution in [0.4, 0.5) is 5.69 Å². The van der Waals surface area contributed by atoms with Crippen molar-refractivity contribution in [3.05, 3.63) is 46.5 Å². The molecular formula is C13H13N3O2. The average Bonchev–Trinajstić information content (AvgIpc) is 3.15. The molecule has 1 aromatic heterocycles. The highest BCUT2D eigenvalue weighted by molar-refractivity contribution is 5.42. The monoisotopic (exact) mass is 243 g/mol. The number of rotatable bonds is 3. The summed E-state index contributed by atoms with van der Waals surface area (Å²) in [7, 11) is 0. The minimum atomic E-state index is -0.183. The molecule has 0 radical (unpaired) electrons. The number of nitrogens with zero attached hydrogens (tertiary/aromatic N) is 1. The highest BCUT2D eigenvalue weighted by Gasteiger charge is 2.26. The molecule has 0 atom stereocenters. The second-order valence-electron chi connectivity index (χ2n) is 4.41. The number of nitrogens with two attached hydrogens (primary N) is 1. The van der Waals surface area contributed by atoms with Crippen LogP contribution >= 0.6 is 0 Å². The van der Waals surface area contributed by atoms with E-state index in [-0.39, 0.29) is 5.56 Å². The van der Waals surface area contributed by atoms with Crippen molar-refractivity contribution in [3.63, 3.8) is 0 Å². The van der Waals surface area contributed by atoms with Gasteiger partial charge in [0.2, 0.25) is 5.88 Å². The number of hydrogen-bond donors (Lipinski definition) is 2. The lowest BCUT2D eigenvalue weighted by atomic mass is 10.3. The van der Waals surface area contributed by atoms with E-state index in [1.807, 2.05) is 0 Å². The average molecular weight is 243 g/mol. The minimum absolute atomic E-state index is 0.183. The van der Waals surface area contributed by atoms with E-state index in [9.17, 15) is 4.79 Å². The van der Waals surface area contributed by atoms with Crippen LogP contribution in [0.3, 0.4) is 0 Å². The van der Waals surface area contributed by atoms with Gasteiger partial charge in [-0.15, -0.1) is 0 Å². The summed E-state index contributed by atoms with van der Waals surface area (Å²) in [6.45, 7) is 0. The summed E-state index contributed by atoms with van der Waals surface area (Å²) in [6, 6.07) is 8.32. The maximum absolute atomic E-state index is 11.5. The Labute approximate surface area is 104 Å². The first-order valence-electron chi connectivity index (χ1n) is 5.85. The third-order valence-corrected chi connectivity index (χ3v) is 2.80. The summed E-state index contributed by atoms with van der Waals surface area (Å²) in [5.74, 6) is 2.04. The normalized spacial score (nSPS) is 14.4. The summed E-state index contributed by atoms with van der Waals surface area (Å²) in [4.78, 5) is 18.5. The molecule has 0 spiro atoms. The predicted molar refractivity (Wildman–Crippen MR) is 67.8 cm³/mol. The first-order chi connectivity index (χ1) is 8.70. The molecule has 0 saturated heterocycles. The van der Waals surface area contributed by atoms with Gasteiger partial charge in [-0.2, -0.15) is 4.98 Å². The van der Waals surface area contributed by atoms with Gasteiger partial charge in [0.15, 0.2) is 0 Å². The van der Waals surface area contributed by atoms with E-state index >= 15 is 0 Å². The topological polar surface area (TPSA) is 81.0 Å². The summed E-state index contributed by atoms with van der Waals surface area (Å²) in [5.41, 5.74) is 6.07. The van der Waals surface area contributed by atoms with Crippen LogP contribution in [0.1, 0.15) is 24.6 Å². The third kappa shape index (κ3) is 2.34. The zero-order valence-corrected chi connectivity index (χ0v) is 9.72. The first kappa shape index (κ1) is 10.8. The molecule has 1 fully saturated rings. The Morgan fingerprint density at radius 3 is 2.67 bits per heavy atom. The Morgan fingerprint density at radius 1 is 1.28 bits per heavy atom. The van der Waals surface area contributed by atoms with E-state index < -0.39 is 0 Å². The van der Waals surface area contributed by atoms with Crippen molar-refractivity contribution in [1.29, 1.82) is 0 Å². The molecule has 1 aliphatic carbocycles. The summed E-state index contributed by atoms with van der Waals surface area (Å²) in [6.07, 6.45) is 2.16. The lowest BCUT2D eigenvalue weighted by Crippen LogP contribution is -2.10. The number of ether oxygens (including phenoxy) is 1. The summed E-state index contributed by atoms with van der Waals surface area (Å²) in [5, 5.41) is 0. The molecule has 18 heavy (non-hydrogen) atoms. The number of nitrogens with one attached hydrogen (secondary N) is 1. The van der Waals surface area contributed by atoms with Crippen LogP contribution in [0.5, 0.6) is 11.6 Å². The van der Waals surface area contributed by atoms with Crippen molar-refractivity contribution in [2.24, 2.45) is 0 Å². The lowest BCUT2D eigenvalue weighted by Gasteiger charge is -2.06. The number of hydrogen-bond acceptors (Lipinski definition) is 4. The highest BCUT2D eigenvalue weighted by atomic mass is 16.5. The quantitative estimate of drug-likeness (QED) is 0.808. The third-order valence-electron chi connectivity index (χ3n) is 2.80. The Bertz CT molecular complexity index is 615. The molecule has 1 heterocycles. The Balaban J connectivity index is 1.87. The Kier molecular flexibility index (Phi) is 2.51. The molecule has 0 aliphatic heterocycles. The predicted octanol–water partition coefficient (Wildman–Crippen LogP) is 2.02. The molecule has 5 nitrogen and oxygen atoms in total. The molecule has 0 bridgehead atoms. The van der Waals surface area contributed by atoms with Gasteiger partial charge in [-0.05, 0) is 37.1 Å². The molecule has 3 N–H and O–H groups in total. The van der Waals surface area contributed by atoms with E-state index in [0.29, 0.717) is 29.1 Å². The Hall–Kier alpha value is -2.30. The molecule has 92 valence electrons. The van der Waals surface area contributed by atoms with Crippen LogP contribution in [0.2, 0.25) is 0 Å². The second-order valence-corrected chi connectivity index (χ2v) is 4.41. The van der Waals surface area contributed by atoms with Crippen LogP contribution in [0, 0.1) is 0 Å². The number of H-pyrrole nitrogens is 1. The molecule has 0 amide bonds.